The highest BCUT2D eigenvalue weighted by Crippen LogP contribution is 1.88. The third kappa shape index (κ3) is 8.93. The van der Waals surface area contributed by atoms with Gasteiger partial charge in [0.25, 0.3) is 0 Å². The van der Waals surface area contributed by atoms with Crippen LogP contribution in [0.4, 0.5) is 9.59 Å². The lowest BCUT2D eigenvalue weighted by atomic mass is 10.2. The maximum absolute atomic E-state index is 11.0. The summed E-state index contributed by atoms with van der Waals surface area (Å²) in [6.07, 6.45) is -2.54. The van der Waals surface area contributed by atoms with E-state index in [0.717, 1.165) is 0 Å². The summed E-state index contributed by atoms with van der Waals surface area (Å²) in [6, 6.07) is -0.560. The van der Waals surface area contributed by atoms with Crippen molar-refractivity contribution in [2.45, 2.75) is 12.5 Å². The Morgan fingerprint density at radius 2 is 1.82 bits per heavy atom. The number of carbonyl (C=O) groups excluding carboxylic acids is 2. The molecule has 0 aliphatic carbocycles. The molecular formula is C8H15N3O6. The van der Waals surface area contributed by atoms with E-state index in [-0.39, 0.29) is 26.1 Å². The molecule has 0 aromatic rings. The number of aliphatic carboxylic acids is 1. The van der Waals surface area contributed by atoms with Gasteiger partial charge in [-0.2, -0.15) is 0 Å². The van der Waals surface area contributed by atoms with Gasteiger partial charge in [0.05, 0.1) is 6.54 Å². The van der Waals surface area contributed by atoms with Gasteiger partial charge in [-0.05, 0) is 0 Å². The molecule has 6 N–H and O–H groups in total. The number of carboxylic acid groups (broad SMARTS) is 1. The standard InChI is InChI=1S/C8H15N3O6/c9-7(15)17-4-3-11-8(16)10-2-1-5(12)6(13)14/h5,12H,1-4H2,(H2,9,15)(H,13,14)(H2,10,11,16)/t5-/m0/s1. The Hall–Kier alpha value is -2.03. The highest BCUT2D eigenvalue weighted by Gasteiger charge is 2.12. The van der Waals surface area contributed by atoms with Gasteiger partial charge in [0, 0.05) is 13.0 Å². The Morgan fingerprint density at radius 3 is 2.35 bits per heavy atom. The van der Waals surface area contributed by atoms with Crippen LogP contribution in [0.2, 0.25) is 0 Å². The van der Waals surface area contributed by atoms with Crippen molar-refractivity contribution in [3.63, 3.8) is 0 Å². The third-order valence-electron chi connectivity index (χ3n) is 1.62. The number of amides is 3. The van der Waals surface area contributed by atoms with Gasteiger partial charge >= 0.3 is 18.1 Å². The van der Waals surface area contributed by atoms with Crippen LogP contribution in [0.25, 0.3) is 0 Å². The number of primary amides is 1. The average Bonchev–Trinajstić information content (AvgIpc) is 2.23. The predicted molar refractivity (Wildman–Crippen MR) is 55.2 cm³/mol. The normalized spacial score (nSPS) is 11.4. The van der Waals surface area contributed by atoms with E-state index in [9.17, 15) is 14.4 Å². The Morgan fingerprint density at radius 1 is 1.24 bits per heavy atom. The number of nitrogens with two attached hydrogens (primary N) is 1. The van der Waals surface area contributed by atoms with Gasteiger partial charge in [-0.1, -0.05) is 0 Å². The third-order valence-corrected chi connectivity index (χ3v) is 1.62. The summed E-state index contributed by atoms with van der Waals surface area (Å²) in [5, 5.41) is 21.8. The summed E-state index contributed by atoms with van der Waals surface area (Å²) in [5.41, 5.74) is 4.68. The van der Waals surface area contributed by atoms with Crippen molar-refractivity contribution in [3.8, 4) is 0 Å². The topological polar surface area (TPSA) is 151 Å². The number of carboxylic acids is 1. The molecule has 0 saturated heterocycles. The molecule has 0 aliphatic rings. The molecule has 9 heteroatoms. The van der Waals surface area contributed by atoms with Crippen LogP contribution in [0.1, 0.15) is 6.42 Å². The summed E-state index contributed by atoms with van der Waals surface area (Å²) in [7, 11) is 0. The van der Waals surface area contributed by atoms with Crippen LogP contribution < -0.4 is 16.4 Å². The van der Waals surface area contributed by atoms with Crippen LogP contribution in [0.3, 0.4) is 0 Å². The van der Waals surface area contributed by atoms with Crippen LogP contribution in [0, 0.1) is 0 Å². The summed E-state index contributed by atoms with van der Waals surface area (Å²) >= 11 is 0. The van der Waals surface area contributed by atoms with E-state index in [4.69, 9.17) is 10.2 Å². The molecule has 17 heavy (non-hydrogen) atoms. The summed E-state index contributed by atoms with van der Waals surface area (Å²) in [6.45, 7) is 0.0345. The first kappa shape index (κ1) is 15.0. The molecule has 3 amide bonds. The van der Waals surface area contributed by atoms with E-state index in [0.29, 0.717) is 0 Å². The van der Waals surface area contributed by atoms with Crippen molar-refractivity contribution in [2.75, 3.05) is 19.7 Å². The van der Waals surface area contributed by atoms with Crippen LogP contribution in [-0.2, 0) is 9.53 Å². The largest absolute Gasteiger partial charge is 0.479 e. The van der Waals surface area contributed by atoms with Crippen molar-refractivity contribution < 1.29 is 29.3 Å². The molecule has 0 aromatic carbocycles. The number of aliphatic hydroxyl groups excluding tert-OH is 1. The zero-order valence-electron chi connectivity index (χ0n) is 9.01. The summed E-state index contributed by atoms with van der Waals surface area (Å²) in [4.78, 5) is 31.4. The molecule has 0 aliphatic heterocycles. The Bertz CT molecular complexity index is 282. The van der Waals surface area contributed by atoms with E-state index in [2.05, 4.69) is 21.1 Å². The molecule has 1 atom stereocenters. The molecule has 98 valence electrons. The van der Waals surface area contributed by atoms with Gasteiger partial charge < -0.3 is 31.3 Å². The zero-order chi connectivity index (χ0) is 13.3. The fraction of sp³-hybridized carbons (Fsp3) is 0.625. The molecule has 0 bridgehead atoms. The minimum absolute atomic E-state index is 0.00990. The molecule has 0 radical (unpaired) electrons. The number of ether oxygens (including phenoxy) is 1. The number of aliphatic hydroxyl groups is 1. The van der Waals surface area contributed by atoms with Gasteiger partial charge in [0.2, 0.25) is 0 Å². The second kappa shape index (κ2) is 8.16. The minimum atomic E-state index is -1.51. The number of hydrogen-bond acceptors (Lipinski definition) is 5. The lowest BCUT2D eigenvalue weighted by Crippen LogP contribution is -2.39. The number of hydrogen-bond donors (Lipinski definition) is 5. The van der Waals surface area contributed by atoms with Gasteiger partial charge in [-0.15, -0.1) is 0 Å². The SMILES string of the molecule is NC(=O)OCCNC(=O)NCC[C@H](O)C(=O)O. The first-order valence-electron chi connectivity index (χ1n) is 4.78. The molecule has 0 heterocycles. The van der Waals surface area contributed by atoms with Crippen molar-refractivity contribution >= 4 is 18.1 Å². The average molecular weight is 249 g/mol. The van der Waals surface area contributed by atoms with Crippen LogP contribution in [0.15, 0.2) is 0 Å². The maximum Gasteiger partial charge on any atom is 0.404 e. The smallest absolute Gasteiger partial charge is 0.404 e. The second-order valence-electron chi connectivity index (χ2n) is 2.99. The van der Waals surface area contributed by atoms with Gasteiger partial charge in [0.1, 0.15) is 6.61 Å². The summed E-state index contributed by atoms with van der Waals surface area (Å²) in [5.74, 6) is -1.35. The molecule has 0 unspecified atom stereocenters. The van der Waals surface area contributed by atoms with E-state index >= 15 is 0 Å². The molecule has 0 saturated carbocycles. The maximum atomic E-state index is 11.0. The van der Waals surface area contributed by atoms with Gasteiger partial charge in [0.15, 0.2) is 6.10 Å². The van der Waals surface area contributed by atoms with E-state index < -0.39 is 24.2 Å². The monoisotopic (exact) mass is 249 g/mol. The number of rotatable bonds is 7. The molecular weight excluding hydrogens is 234 g/mol. The summed E-state index contributed by atoms with van der Waals surface area (Å²) < 4.78 is 4.35. The Kier molecular flexibility index (Phi) is 7.19. The van der Waals surface area contributed by atoms with E-state index in [1.807, 2.05) is 0 Å². The highest BCUT2D eigenvalue weighted by atomic mass is 16.5. The van der Waals surface area contributed by atoms with Crippen molar-refractivity contribution in [1.82, 2.24) is 10.6 Å². The second-order valence-corrected chi connectivity index (χ2v) is 2.99. The molecule has 0 fully saturated rings. The fourth-order valence-corrected chi connectivity index (χ4v) is 0.825. The van der Waals surface area contributed by atoms with E-state index in [1.165, 1.54) is 0 Å². The lowest BCUT2D eigenvalue weighted by molar-refractivity contribution is -0.146. The van der Waals surface area contributed by atoms with Crippen LogP contribution in [-0.4, -0.2) is 54.1 Å². The number of nitrogens with one attached hydrogen (secondary N) is 2. The molecule has 0 rings (SSSR count). The molecule has 9 nitrogen and oxygen atoms in total. The first-order valence-corrected chi connectivity index (χ1v) is 4.78. The Balaban J connectivity index is 3.47. The molecule has 0 aromatic heterocycles. The first-order chi connectivity index (χ1) is 7.93. The lowest BCUT2D eigenvalue weighted by Gasteiger charge is -2.08. The van der Waals surface area contributed by atoms with E-state index in [1.54, 1.807) is 0 Å². The van der Waals surface area contributed by atoms with Gasteiger partial charge in [-0.3, -0.25) is 0 Å². The molecule has 0 spiro atoms. The zero-order valence-corrected chi connectivity index (χ0v) is 9.01. The number of urea groups is 1. The fourth-order valence-electron chi connectivity index (χ4n) is 0.825. The van der Waals surface area contributed by atoms with Crippen molar-refractivity contribution in [1.29, 1.82) is 0 Å². The van der Waals surface area contributed by atoms with Crippen LogP contribution in [0.5, 0.6) is 0 Å². The van der Waals surface area contributed by atoms with Crippen molar-refractivity contribution in [3.05, 3.63) is 0 Å². The highest BCUT2D eigenvalue weighted by molar-refractivity contribution is 5.74. The minimum Gasteiger partial charge on any atom is -0.479 e. The number of carbonyl (C=O) groups is 3. The Labute approximate surface area is 96.9 Å². The van der Waals surface area contributed by atoms with Gasteiger partial charge in [-0.25, -0.2) is 14.4 Å². The van der Waals surface area contributed by atoms with Crippen LogP contribution >= 0.6 is 0 Å². The quantitative estimate of drug-likeness (QED) is 0.336. The van der Waals surface area contributed by atoms with Crippen molar-refractivity contribution in [2.24, 2.45) is 5.73 Å². The predicted octanol–water partition coefficient (Wildman–Crippen LogP) is -1.78.